The van der Waals surface area contributed by atoms with E-state index in [-0.39, 0.29) is 0 Å². The summed E-state index contributed by atoms with van der Waals surface area (Å²) in [5.41, 5.74) is 1.18. The predicted molar refractivity (Wildman–Crippen MR) is 75.8 cm³/mol. The molecule has 1 aliphatic heterocycles. The lowest BCUT2D eigenvalue weighted by atomic mass is 10.3. The third kappa shape index (κ3) is 3.02. The van der Waals surface area contributed by atoms with E-state index in [1.54, 1.807) is 11.3 Å². The first-order valence-electron chi connectivity index (χ1n) is 6.71. The fourth-order valence-corrected chi connectivity index (χ4v) is 3.08. The molecule has 0 aliphatic carbocycles. The fourth-order valence-electron chi connectivity index (χ4n) is 2.32. The van der Waals surface area contributed by atoms with Gasteiger partial charge in [-0.05, 0) is 6.54 Å². The van der Waals surface area contributed by atoms with Crippen molar-refractivity contribution in [2.45, 2.75) is 33.1 Å². The van der Waals surface area contributed by atoms with Crippen LogP contribution in [0.2, 0.25) is 0 Å². The second kappa shape index (κ2) is 5.81. The van der Waals surface area contributed by atoms with E-state index in [0.29, 0.717) is 0 Å². The van der Waals surface area contributed by atoms with Crippen molar-refractivity contribution >= 4 is 11.3 Å². The molecule has 0 amide bonds. The van der Waals surface area contributed by atoms with Gasteiger partial charge >= 0.3 is 0 Å². The van der Waals surface area contributed by atoms with Crippen LogP contribution in [0.25, 0.3) is 0 Å². The summed E-state index contributed by atoms with van der Waals surface area (Å²) in [6.45, 7) is 7.94. The van der Waals surface area contributed by atoms with Gasteiger partial charge in [0.05, 0.1) is 12.2 Å². The fraction of sp³-hybridized carbons (Fsp3) is 0.538. The molecule has 0 bridgehead atoms. The summed E-state index contributed by atoms with van der Waals surface area (Å²) in [5.74, 6) is 1.16. The molecule has 0 spiro atoms. The van der Waals surface area contributed by atoms with Crippen molar-refractivity contribution in [1.29, 1.82) is 0 Å². The maximum Gasteiger partial charge on any atom is 0.122 e. The second-order valence-electron chi connectivity index (χ2n) is 4.76. The standard InChI is InChI=1S/C13H19N5S/c1-2-14-7-13-16-11(10-19-13)8-17-5-6-18-4-3-15-12(18)9-17/h3-4,10,14H,2,5-9H2,1H3. The second-order valence-corrected chi connectivity index (χ2v) is 5.70. The number of aromatic nitrogens is 3. The van der Waals surface area contributed by atoms with Crippen LogP contribution in [0, 0.1) is 0 Å². The monoisotopic (exact) mass is 277 g/mol. The predicted octanol–water partition coefficient (Wildman–Crippen LogP) is 1.46. The lowest BCUT2D eigenvalue weighted by Gasteiger charge is -2.26. The molecule has 3 heterocycles. The zero-order chi connectivity index (χ0) is 13.1. The average molecular weight is 277 g/mol. The molecule has 0 saturated carbocycles. The van der Waals surface area contributed by atoms with E-state index in [9.17, 15) is 0 Å². The maximum atomic E-state index is 4.67. The number of nitrogens with zero attached hydrogens (tertiary/aromatic N) is 4. The van der Waals surface area contributed by atoms with E-state index in [4.69, 9.17) is 0 Å². The molecule has 19 heavy (non-hydrogen) atoms. The highest BCUT2D eigenvalue weighted by Crippen LogP contribution is 2.16. The molecule has 2 aromatic rings. The van der Waals surface area contributed by atoms with Crippen molar-refractivity contribution in [3.8, 4) is 0 Å². The minimum absolute atomic E-state index is 0.881. The first-order chi connectivity index (χ1) is 9.35. The summed E-state index contributed by atoms with van der Waals surface area (Å²) in [7, 11) is 0. The van der Waals surface area contributed by atoms with Gasteiger partial charge < -0.3 is 9.88 Å². The van der Waals surface area contributed by atoms with Gasteiger partial charge in [0, 0.05) is 44.0 Å². The highest BCUT2D eigenvalue weighted by atomic mass is 32.1. The summed E-state index contributed by atoms with van der Waals surface area (Å²) in [5, 5.41) is 6.66. The van der Waals surface area contributed by atoms with Gasteiger partial charge in [0.25, 0.3) is 0 Å². The number of fused-ring (bicyclic) bond motifs is 1. The number of hydrogen-bond donors (Lipinski definition) is 1. The molecule has 0 aromatic carbocycles. The number of nitrogens with one attached hydrogen (secondary N) is 1. The van der Waals surface area contributed by atoms with Crippen molar-refractivity contribution in [2.75, 3.05) is 13.1 Å². The quantitative estimate of drug-likeness (QED) is 0.899. The zero-order valence-corrected chi connectivity index (χ0v) is 12.0. The number of imidazole rings is 1. The van der Waals surface area contributed by atoms with Crippen LogP contribution in [0.3, 0.4) is 0 Å². The van der Waals surface area contributed by atoms with Gasteiger partial charge in [-0.3, -0.25) is 4.90 Å². The molecule has 2 aromatic heterocycles. The van der Waals surface area contributed by atoms with Gasteiger partial charge in [0.1, 0.15) is 10.8 Å². The van der Waals surface area contributed by atoms with Crippen molar-refractivity contribution in [2.24, 2.45) is 0 Å². The normalized spacial score (nSPS) is 15.6. The van der Waals surface area contributed by atoms with Crippen LogP contribution >= 0.6 is 11.3 Å². The van der Waals surface area contributed by atoms with Crippen LogP contribution in [-0.2, 0) is 26.2 Å². The Bertz CT molecular complexity index is 533. The minimum Gasteiger partial charge on any atom is -0.333 e. The van der Waals surface area contributed by atoms with Crippen LogP contribution in [0.4, 0.5) is 0 Å². The molecule has 5 nitrogen and oxygen atoms in total. The van der Waals surface area contributed by atoms with Gasteiger partial charge in [-0.15, -0.1) is 11.3 Å². The van der Waals surface area contributed by atoms with Gasteiger partial charge in [-0.2, -0.15) is 0 Å². The van der Waals surface area contributed by atoms with E-state index in [0.717, 1.165) is 45.1 Å². The first-order valence-corrected chi connectivity index (χ1v) is 7.59. The summed E-state index contributed by atoms with van der Waals surface area (Å²) in [4.78, 5) is 11.5. The molecule has 0 atom stereocenters. The van der Waals surface area contributed by atoms with Crippen molar-refractivity contribution < 1.29 is 0 Å². The molecule has 1 aliphatic rings. The Labute approximate surface area is 117 Å². The van der Waals surface area contributed by atoms with Crippen LogP contribution in [0.15, 0.2) is 17.8 Å². The van der Waals surface area contributed by atoms with Crippen LogP contribution < -0.4 is 5.32 Å². The lowest BCUT2D eigenvalue weighted by Crippen LogP contribution is -2.33. The highest BCUT2D eigenvalue weighted by molar-refractivity contribution is 7.09. The van der Waals surface area contributed by atoms with Gasteiger partial charge in [-0.1, -0.05) is 6.92 Å². The third-order valence-corrected chi connectivity index (χ3v) is 4.23. The van der Waals surface area contributed by atoms with E-state index in [1.165, 1.54) is 10.7 Å². The Kier molecular flexibility index (Phi) is 3.91. The molecule has 0 radical (unpaired) electrons. The molecule has 6 heteroatoms. The largest absolute Gasteiger partial charge is 0.333 e. The molecule has 0 unspecified atom stereocenters. The molecular formula is C13H19N5S. The molecule has 0 fully saturated rings. The van der Waals surface area contributed by atoms with Crippen molar-refractivity contribution in [1.82, 2.24) is 24.8 Å². The minimum atomic E-state index is 0.881. The average Bonchev–Trinajstić information content (AvgIpc) is 3.05. The van der Waals surface area contributed by atoms with Gasteiger partial charge in [0.2, 0.25) is 0 Å². The number of rotatable bonds is 5. The van der Waals surface area contributed by atoms with Crippen molar-refractivity contribution in [3.05, 3.63) is 34.3 Å². The van der Waals surface area contributed by atoms with E-state index < -0.39 is 0 Å². The van der Waals surface area contributed by atoms with Crippen LogP contribution in [0.1, 0.15) is 23.4 Å². The lowest BCUT2D eigenvalue weighted by molar-refractivity contribution is 0.207. The van der Waals surface area contributed by atoms with Crippen LogP contribution in [0.5, 0.6) is 0 Å². The van der Waals surface area contributed by atoms with E-state index in [1.807, 2.05) is 6.20 Å². The molecule has 0 saturated heterocycles. The summed E-state index contributed by atoms with van der Waals surface area (Å²) < 4.78 is 2.23. The highest BCUT2D eigenvalue weighted by Gasteiger charge is 2.17. The number of thiazole rings is 1. The first kappa shape index (κ1) is 12.8. The molecule has 102 valence electrons. The SMILES string of the molecule is CCNCc1nc(CN2CCn3ccnc3C2)cs1. The van der Waals surface area contributed by atoms with Gasteiger partial charge in [-0.25, -0.2) is 9.97 Å². The maximum absolute atomic E-state index is 4.67. The Balaban J connectivity index is 1.58. The topological polar surface area (TPSA) is 46.0 Å². The van der Waals surface area contributed by atoms with Gasteiger partial charge in [0.15, 0.2) is 0 Å². The summed E-state index contributed by atoms with van der Waals surface area (Å²) >= 11 is 1.74. The van der Waals surface area contributed by atoms with E-state index >= 15 is 0 Å². The Morgan fingerprint density at radius 1 is 1.42 bits per heavy atom. The van der Waals surface area contributed by atoms with E-state index in [2.05, 4.69) is 43.3 Å². The molecule has 3 rings (SSSR count). The summed E-state index contributed by atoms with van der Waals surface area (Å²) in [6, 6.07) is 0. The number of hydrogen-bond acceptors (Lipinski definition) is 5. The zero-order valence-electron chi connectivity index (χ0n) is 11.2. The van der Waals surface area contributed by atoms with Crippen molar-refractivity contribution in [3.63, 3.8) is 0 Å². The Morgan fingerprint density at radius 2 is 2.37 bits per heavy atom. The molecule has 1 N–H and O–H groups in total. The Hall–Kier alpha value is -1.24. The smallest absolute Gasteiger partial charge is 0.122 e. The summed E-state index contributed by atoms with van der Waals surface area (Å²) in [6.07, 6.45) is 3.94. The third-order valence-electron chi connectivity index (χ3n) is 3.34. The Morgan fingerprint density at radius 3 is 3.26 bits per heavy atom. The molecular weight excluding hydrogens is 258 g/mol. The van der Waals surface area contributed by atoms with Crippen LogP contribution in [-0.4, -0.2) is 32.5 Å².